The van der Waals surface area contributed by atoms with Crippen LogP contribution in [0.15, 0.2) is 28.9 Å². The van der Waals surface area contributed by atoms with Gasteiger partial charge in [-0.05, 0) is 39.3 Å². The Balaban J connectivity index is 1.62. The third-order valence-corrected chi connectivity index (χ3v) is 4.47. The standard InChI is InChI=1S/C17H21N5O/c1-12-9-17-18-15(6-8-22(17)19-12)16-5-3-4-7-21(16)11-14-10-13(2)23-20-14/h6,8-10,16H,3-5,7,11H2,1-2H3. The van der Waals surface area contributed by atoms with Crippen LogP contribution in [-0.4, -0.2) is 31.2 Å². The van der Waals surface area contributed by atoms with Crippen molar-refractivity contribution in [2.75, 3.05) is 6.54 Å². The first-order chi connectivity index (χ1) is 11.2. The van der Waals surface area contributed by atoms with E-state index in [0.717, 1.165) is 48.0 Å². The van der Waals surface area contributed by atoms with Crippen molar-refractivity contribution in [2.45, 2.75) is 45.7 Å². The van der Waals surface area contributed by atoms with E-state index in [4.69, 9.17) is 9.51 Å². The van der Waals surface area contributed by atoms with Crippen LogP contribution in [-0.2, 0) is 6.54 Å². The Hall–Kier alpha value is -2.21. The summed E-state index contributed by atoms with van der Waals surface area (Å²) in [4.78, 5) is 7.29. The average Bonchev–Trinajstić information content (AvgIpc) is 3.11. The molecule has 6 nitrogen and oxygen atoms in total. The van der Waals surface area contributed by atoms with Gasteiger partial charge in [0, 0.05) is 24.9 Å². The summed E-state index contributed by atoms with van der Waals surface area (Å²) < 4.78 is 7.04. The Morgan fingerprint density at radius 3 is 3.00 bits per heavy atom. The Bertz CT molecular complexity index is 821. The van der Waals surface area contributed by atoms with Gasteiger partial charge in [0.25, 0.3) is 0 Å². The summed E-state index contributed by atoms with van der Waals surface area (Å²) in [6, 6.07) is 6.47. The summed E-state index contributed by atoms with van der Waals surface area (Å²) in [6.45, 7) is 5.81. The first kappa shape index (κ1) is 14.4. The number of nitrogens with zero attached hydrogens (tertiary/aromatic N) is 5. The summed E-state index contributed by atoms with van der Waals surface area (Å²) in [7, 11) is 0. The third-order valence-electron chi connectivity index (χ3n) is 4.47. The minimum atomic E-state index is 0.334. The van der Waals surface area contributed by atoms with E-state index in [1.807, 2.05) is 36.7 Å². The quantitative estimate of drug-likeness (QED) is 0.744. The molecule has 1 unspecified atom stereocenters. The molecule has 6 heteroatoms. The summed E-state index contributed by atoms with van der Waals surface area (Å²) in [5, 5.41) is 8.55. The van der Waals surface area contributed by atoms with Crippen LogP contribution in [0.1, 0.15) is 48.1 Å². The van der Waals surface area contributed by atoms with Crippen LogP contribution in [0.4, 0.5) is 0 Å². The summed E-state index contributed by atoms with van der Waals surface area (Å²) in [5.41, 5.74) is 4.03. The van der Waals surface area contributed by atoms with E-state index in [2.05, 4.69) is 21.2 Å². The van der Waals surface area contributed by atoms with E-state index in [1.54, 1.807) is 0 Å². The van der Waals surface area contributed by atoms with E-state index in [1.165, 1.54) is 12.8 Å². The van der Waals surface area contributed by atoms with Crippen molar-refractivity contribution >= 4 is 5.65 Å². The van der Waals surface area contributed by atoms with Gasteiger partial charge < -0.3 is 4.52 Å². The van der Waals surface area contributed by atoms with Crippen molar-refractivity contribution in [3.05, 3.63) is 47.2 Å². The molecule has 1 aliphatic heterocycles. The highest BCUT2D eigenvalue weighted by atomic mass is 16.5. The second-order valence-corrected chi connectivity index (χ2v) is 6.35. The highest BCUT2D eigenvalue weighted by molar-refractivity contribution is 5.39. The number of rotatable bonds is 3. The molecule has 23 heavy (non-hydrogen) atoms. The summed E-state index contributed by atoms with van der Waals surface area (Å²) >= 11 is 0. The second kappa shape index (κ2) is 5.77. The average molecular weight is 311 g/mol. The molecule has 0 spiro atoms. The Labute approximate surface area is 135 Å². The molecule has 0 aliphatic carbocycles. The van der Waals surface area contributed by atoms with Gasteiger partial charge in [-0.2, -0.15) is 5.10 Å². The molecule has 4 rings (SSSR count). The minimum Gasteiger partial charge on any atom is -0.361 e. The third kappa shape index (κ3) is 2.86. The molecule has 0 bridgehead atoms. The van der Waals surface area contributed by atoms with Crippen LogP contribution in [0.3, 0.4) is 0 Å². The van der Waals surface area contributed by atoms with Crippen LogP contribution in [0, 0.1) is 13.8 Å². The first-order valence-electron chi connectivity index (χ1n) is 8.18. The monoisotopic (exact) mass is 311 g/mol. The van der Waals surface area contributed by atoms with Gasteiger partial charge in [0.1, 0.15) is 5.76 Å². The number of aromatic nitrogens is 4. The van der Waals surface area contributed by atoms with Gasteiger partial charge in [-0.15, -0.1) is 0 Å². The van der Waals surface area contributed by atoms with E-state index in [0.29, 0.717) is 6.04 Å². The molecular weight excluding hydrogens is 290 g/mol. The maximum absolute atomic E-state index is 5.20. The predicted octanol–water partition coefficient (Wildman–Crippen LogP) is 3.06. The number of hydrogen-bond acceptors (Lipinski definition) is 5. The fourth-order valence-corrected chi connectivity index (χ4v) is 3.41. The van der Waals surface area contributed by atoms with Crippen LogP contribution in [0.5, 0.6) is 0 Å². The molecular formula is C17H21N5O. The van der Waals surface area contributed by atoms with Gasteiger partial charge in [0.15, 0.2) is 5.65 Å². The maximum atomic E-state index is 5.20. The predicted molar refractivity (Wildman–Crippen MR) is 86.0 cm³/mol. The Morgan fingerprint density at radius 2 is 2.17 bits per heavy atom. The molecule has 1 atom stereocenters. The van der Waals surface area contributed by atoms with Crippen LogP contribution in [0.2, 0.25) is 0 Å². The zero-order chi connectivity index (χ0) is 15.8. The van der Waals surface area contributed by atoms with E-state index in [9.17, 15) is 0 Å². The molecule has 0 aromatic carbocycles. The summed E-state index contributed by atoms with van der Waals surface area (Å²) in [6.07, 6.45) is 5.61. The number of piperidine rings is 1. The fraction of sp³-hybridized carbons (Fsp3) is 0.471. The lowest BCUT2D eigenvalue weighted by molar-refractivity contribution is 0.134. The number of hydrogen-bond donors (Lipinski definition) is 0. The fourth-order valence-electron chi connectivity index (χ4n) is 3.41. The largest absolute Gasteiger partial charge is 0.361 e. The number of aryl methyl sites for hydroxylation is 2. The molecule has 0 N–H and O–H groups in total. The first-order valence-corrected chi connectivity index (χ1v) is 8.18. The van der Waals surface area contributed by atoms with Crippen molar-refractivity contribution in [3.8, 4) is 0 Å². The van der Waals surface area contributed by atoms with E-state index >= 15 is 0 Å². The minimum absolute atomic E-state index is 0.334. The Kier molecular flexibility index (Phi) is 3.61. The van der Waals surface area contributed by atoms with Crippen molar-refractivity contribution in [1.82, 2.24) is 24.7 Å². The highest BCUT2D eigenvalue weighted by Gasteiger charge is 2.26. The molecule has 0 amide bonds. The van der Waals surface area contributed by atoms with Crippen molar-refractivity contribution < 1.29 is 4.52 Å². The molecule has 1 saturated heterocycles. The number of likely N-dealkylation sites (tertiary alicyclic amines) is 1. The SMILES string of the molecule is Cc1cc2nc(C3CCCCN3Cc3cc(C)on3)ccn2n1. The normalized spacial score (nSPS) is 19.5. The van der Waals surface area contributed by atoms with Crippen molar-refractivity contribution in [2.24, 2.45) is 0 Å². The van der Waals surface area contributed by atoms with Gasteiger partial charge in [0.05, 0.1) is 23.1 Å². The summed E-state index contributed by atoms with van der Waals surface area (Å²) in [5.74, 6) is 0.864. The zero-order valence-corrected chi connectivity index (χ0v) is 13.6. The number of fused-ring (bicyclic) bond motifs is 1. The molecule has 120 valence electrons. The van der Waals surface area contributed by atoms with Crippen molar-refractivity contribution in [1.29, 1.82) is 0 Å². The lowest BCUT2D eigenvalue weighted by Crippen LogP contribution is -2.33. The lowest BCUT2D eigenvalue weighted by atomic mass is 9.99. The Morgan fingerprint density at radius 1 is 1.26 bits per heavy atom. The molecule has 0 radical (unpaired) electrons. The van der Waals surface area contributed by atoms with Crippen molar-refractivity contribution in [3.63, 3.8) is 0 Å². The van der Waals surface area contributed by atoms with Crippen LogP contribution >= 0.6 is 0 Å². The van der Waals surface area contributed by atoms with E-state index < -0.39 is 0 Å². The van der Waals surface area contributed by atoms with Crippen LogP contribution < -0.4 is 0 Å². The van der Waals surface area contributed by atoms with Gasteiger partial charge in [-0.1, -0.05) is 11.6 Å². The molecule has 4 heterocycles. The highest BCUT2D eigenvalue weighted by Crippen LogP contribution is 2.31. The molecule has 1 aliphatic rings. The zero-order valence-electron chi connectivity index (χ0n) is 13.6. The smallest absolute Gasteiger partial charge is 0.155 e. The molecule has 0 saturated carbocycles. The van der Waals surface area contributed by atoms with Gasteiger partial charge >= 0.3 is 0 Å². The van der Waals surface area contributed by atoms with Gasteiger partial charge in [0.2, 0.25) is 0 Å². The lowest BCUT2D eigenvalue weighted by Gasteiger charge is -2.34. The molecule has 3 aromatic heterocycles. The van der Waals surface area contributed by atoms with Gasteiger partial charge in [-0.3, -0.25) is 4.90 Å². The second-order valence-electron chi connectivity index (χ2n) is 6.35. The topological polar surface area (TPSA) is 59.5 Å². The molecule has 1 fully saturated rings. The molecule has 3 aromatic rings. The van der Waals surface area contributed by atoms with E-state index in [-0.39, 0.29) is 0 Å². The maximum Gasteiger partial charge on any atom is 0.155 e. The van der Waals surface area contributed by atoms with Crippen LogP contribution in [0.25, 0.3) is 5.65 Å². The van der Waals surface area contributed by atoms with Gasteiger partial charge in [-0.25, -0.2) is 9.50 Å².